The molecule has 0 aromatic carbocycles. The first kappa shape index (κ1) is 18.3. The van der Waals surface area contributed by atoms with E-state index in [0.717, 1.165) is 18.9 Å². The van der Waals surface area contributed by atoms with Crippen LogP contribution in [0.4, 0.5) is 9.18 Å². The van der Waals surface area contributed by atoms with Crippen molar-refractivity contribution in [1.29, 1.82) is 0 Å². The lowest BCUT2D eigenvalue weighted by atomic mass is 10.0. The molecule has 3 aliphatic heterocycles. The van der Waals surface area contributed by atoms with Crippen molar-refractivity contribution in [2.24, 2.45) is 0 Å². The lowest BCUT2D eigenvalue weighted by Gasteiger charge is -2.45. The van der Waals surface area contributed by atoms with Crippen LogP contribution in [0, 0.1) is 5.82 Å². The van der Waals surface area contributed by atoms with Crippen LogP contribution in [0.3, 0.4) is 0 Å². The van der Waals surface area contributed by atoms with Gasteiger partial charge in [-0.1, -0.05) is 11.6 Å². The molecule has 3 aliphatic rings. The van der Waals surface area contributed by atoms with Gasteiger partial charge in [-0.2, -0.15) is 4.98 Å². The van der Waals surface area contributed by atoms with Crippen LogP contribution in [-0.4, -0.2) is 63.7 Å². The molecule has 7 nitrogen and oxygen atoms in total. The molecule has 1 aromatic rings. The van der Waals surface area contributed by atoms with Crippen molar-refractivity contribution < 1.29 is 23.5 Å². The summed E-state index contributed by atoms with van der Waals surface area (Å²) < 4.78 is 25.1. The monoisotopic (exact) mass is 397 g/mol. The number of amides is 2. The second-order valence-electron chi connectivity index (χ2n) is 8.14. The standard InChI is InChI=1S/C18H21ClFN3O4/c1-18(2,3)27-17(25)23-9-4-5-12(23)13-8-26-15-10(16(24)22(13)7-9)6-11(20)14(19)21-15/h6,9,12-13H,4-5,7-8H2,1-3H3/t9-,12+,13-/m1/s1. The Morgan fingerprint density at radius 2 is 2.11 bits per heavy atom. The number of halogens is 2. The molecule has 2 fully saturated rings. The SMILES string of the molecule is CC(C)(C)OC(=O)N1[C@@H]2CC[C@H]1[C@H]1COc3nc(Cl)c(F)cc3C(=O)N1C2. The van der Waals surface area contributed by atoms with Crippen LogP contribution in [0.15, 0.2) is 6.07 Å². The summed E-state index contributed by atoms with van der Waals surface area (Å²) in [6.45, 7) is 5.97. The van der Waals surface area contributed by atoms with Crippen LogP contribution in [-0.2, 0) is 4.74 Å². The van der Waals surface area contributed by atoms with Crippen LogP contribution < -0.4 is 4.74 Å². The molecular weight excluding hydrogens is 377 g/mol. The van der Waals surface area contributed by atoms with E-state index in [1.54, 1.807) is 9.80 Å². The topological polar surface area (TPSA) is 72.0 Å². The third-order valence-electron chi connectivity index (χ3n) is 5.18. The molecule has 2 amide bonds. The minimum Gasteiger partial charge on any atom is -0.475 e. The van der Waals surface area contributed by atoms with Gasteiger partial charge >= 0.3 is 6.09 Å². The van der Waals surface area contributed by atoms with E-state index in [1.807, 2.05) is 20.8 Å². The minimum absolute atomic E-state index is 0.0282. The van der Waals surface area contributed by atoms with Crippen LogP contribution in [0.25, 0.3) is 0 Å². The molecule has 2 bridgehead atoms. The van der Waals surface area contributed by atoms with Crippen molar-refractivity contribution in [2.45, 2.75) is 57.3 Å². The molecule has 0 saturated carbocycles. The third-order valence-corrected chi connectivity index (χ3v) is 5.45. The molecule has 0 spiro atoms. The third kappa shape index (κ3) is 3.09. The highest BCUT2D eigenvalue weighted by Crippen LogP contribution is 2.38. The Morgan fingerprint density at radius 1 is 1.37 bits per heavy atom. The number of carbonyl (C=O) groups excluding carboxylic acids is 2. The van der Waals surface area contributed by atoms with Crippen molar-refractivity contribution in [1.82, 2.24) is 14.8 Å². The summed E-state index contributed by atoms with van der Waals surface area (Å²) in [5, 5.41) is -0.335. The van der Waals surface area contributed by atoms with Crippen molar-refractivity contribution in [2.75, 3.05) is 13.2 Å². The van der Waals surface area contributed by atoms with Crippen LogP contribution >= 0.6 is 11.6 Å². The smallest absolute Gasteiger partial charge is 0.410 e. The van der Waals surface area contributed by atoms with Gasteiger partial charge in [0.2, 0.25) is 5.88 Å². The molecule has 4 heterocycles. The van der Waals surface area contributed by atoms with Gasteiger partial charge in [-0.3, -0.25) is 9.69 Å². The first-order valence-corrected chi connectivity index (χ1v) is 9.34. The summed E-state index contributed by atoms with van der Waals surface area (Å²) >= 11 is 5.73. The lowest BCUT2D eigenvalue weighted by molar-refractivity contribution is -0.0233. The molecular formula is C18H21ClFN3O4. The van der Waals surface area contributed by atoms with Gasteiger partial charge < -0.3 is 14.4 Å². The number of piperazine rings is 1. The second-order valence-corrected chi connectivity index (χ2v) is 8.49. The number of pyridine rings is 1. The lowest BCUT2D eigenvalue weighted by Crippen LogP contribution is -2.64. The summed E-state index contributed by atoms with van der Waals surface area (Å²) in [4.78, 5) is 33.0. The van der Waals surface area contributed by atoms with Gasteiger partial charge in [-0.25, -0.2) is 9.18 Å². The second kappa shape index (κ2) is 6.22. The zero-order chi connectivity index (χ0) is 19.5. The van der Waals surface area contributed by atoms with Crippen molar-refractivity contribution in [3.05, 3.63) is 22.6 Å². The van der Waals surface area contributed by atoms with Crippen molar-refractivity contribution in [3.8, 4) is 5.88 Å². The fourth-order valence-corrected chi connectivity index (χ4v) is 4.24. The molecule has 146 valence electrons. The Balaban J connectivity index is 1.64. The molecule has 4 rings (SSSR count). The molecule has 2 saturated heterocycles. The largest absolute Gasteiger partial charge is 0.475 e. The van der Waals surface area contributed by atoms with Gasteiger partial charge in [-0.15, -0.1) is 0 Å². The molecule has 27 heavy (non-hydrogen) atoms. The molecule has 0 aliphatic carbocycles. The highest BCUT2D eigenvalue weighted by molar-refractivity contribution is 6.29. The quantitative estimate of drug-likeness (QED) is 0.629. The molecule has 9 heteroatoms. The van der Waals surface area contributed by atoms with E-state index >= 15 is 0 Å². The summed E-state index contributed by atoms with van der Waals surface area (Å²) in [5.41, 5.74) is -0.540. The minimum atomic E-state index is -0.763. The maximum Gasteiger partial charge on any atom is 0.410 e. The summed E-state index contributed by atoms with van der Waals surface area (Å²) in [6, 6.07) is 0.381. The zero-order valence-corrected chi connectivity index (χ0v) is 16.1. The molecule has 0 N–H and O–H groups in total. The molecule has 3 atom stereocenters. The number of hydrogen-bond acceptors (Lipinski definition) is 5. The highest BCUT2D eigenvalue weighted by Gasteiger charge is 2.52. The predicted molar refractivity (Wildman–Crippen MR) is 94.4 cm³/mol. The Labute approximate surface area is 161 Å². The number of carbonyl (C=O) groups is 2. The van der Waals surface area contributed by atoms with Gasteiger partial charge in [0.15, 0.2) is 11.0 Å². The van der Waals surface area contributed by atoms with Gasteiger partial charge in [-0.05, 0) is 39.7 Å². The van der Waals surface area contributed by atoms with Gasteiger partial charge in [0, 0.05) is 6.54 Å². The van der Waals surface area contributed by atoms with E-state index < -0.39 is 11.4 Å². The van der Waals surface area contributed by atoms with Crippen LogP contribution in [0.1, 0.15) is 44.0 Å². The van der Waals surface area contributed by atoms with Crippen LogP contribution in [0.5, 0.6) is 5.88 Å². The fourth-order valence-electron chi connectivity index (χ4n) is 4.11. The van der Waals surface area contributed by atoms with Gasteiger partial charge in [0.1, 0.15) is 17.8 Å². The average molecular weight is 398 g/mol. The maximum absolute atomic E-state index is 13.8. The zero-order valence-electron chi connectivity index (χ0n) is 15.4. The van der Waals surface area contributed by atoms with Crippen molar-refractivity contribution >= 4 is 23.6 Å². The fraction of sp³-hybridized carbons (Fsp3) is 0.611. The first-order valence-electron chi connectivity index (χ1n) is 8.97. The van der Waals surface area contributed by atoms with E-state index in [9.17, 15) is 14.0 Å². The maximum atomic E-state index is 13.8. The Hall–Kier alpha value is -2.09. The van der Waals surface area contributed by atoms with Crippen LogP contribution in [0.2, 0.25) is 5.15 Å². The van der Waals surface area contributed by atoms with E-state index in [1.165, 1.54) is 0 Å². The summed E-state index contributed by atoms with van der Waals surface area (Å²) in [6.07, 6.45) is 1.15. The number of rotatable bonds is 0. The Morgan fingerprint density at radius 3 is 2.81 bits per heavy atom. The van der Waals surface area contributed by atoms with E-state index in [0.29, 0.717) is 6.54 Å². The van der Waals surface area contributed by atoms with E-state index in [2.05, 4.69) is 4.98 Å². The first-order chi connectivity index (χ1) is 12.7. The summed E-state index contributed by atoms with van der Waals surface area (Å²) in [7, 11) is 0. The van der Waals surface area contributed by atoms with E-state index in [4.69, 9.17) is 21.1 Å². The predicted octanol–water partition coefficient (Wildman–Crippen LogP) is 2.86. The highest BCUT2D eigenvalue weighted by atomic mass is 35.5. The number of aromatic nitrogens is 1. The Kier molecular flexibility index (Phi) is 4.21. The Bertz CT molecular complexity index is 813. The summed E-state index contributed by atoms with van der Waals surface area (Å²) in [5.74, 6) is -1.09. The molecule has 1 aromatic heterocycles. The number of hydrogen-bond donors (Lipinski definition) is 0. The molecule has 0 radical (unpaired) electrons. The van der Waals surface area contributed by atoms with E-state index in [-0.39, 0.29) is 53.3 Å². The van der Waals surface area contributed by atoms with Gasteiger partial charge in [0.05, 0.1) is 18.1 Å². The average Bonchev–Trinajstić information content (AvgIpc) is 2.83. The normalized spacial score (nSPS) is 26.9. The number of ether oxygens (including phenoxy) is 2. The number of nitrogens with zero attached hydrogens (tertiary/aromatic N) is 3. The van der Waals surface area contributed by atoms with Gasteiger partial charge in [0.25, 0.3) is 5.91 Å². The number of fused-ring (bicyclic) bond motifs is 5. The molecule has 0 unspecified atom stereocenters. The van der Waals surface area contributed by atoms with Crippen molar-refractivity contribution in [3.63, 3.8) is 0 Å².